The average molecular weight is 725 g/mol. The third-order valence-electron chi connectivity index (χ3n) is 11.4. The van der Waals surface area contributed by atoms with Crippen molar-refractivity contribution in [1.29, 1.82) is 0 Å². The van der Waals surface area contributed by atoms with Crippen molar-refractivity contribution in [3.05, 3.63) is 41.2 Å². The fourth-order valence-corrected chi connectivity index (χ4v) is 8.54. The van der Waals surface area contributed by atoms with E-state index in [-0.39, 0.29) is 49.7 Å². The van der Waals surface area contributed by atoms with Gasteiger partial charge < -0.3 is 30.7 Å². The van der Waals surface area contributed by atoms with Crippen molar-refractivity contribution >= 4 is 34.2 Å². The highest BCUT2D eigenvalue weighted by Gasteiger charge is 2.38. The van der Waals surface area contributed by atoms with Crippen LogP contribution in [-0.2, 0) is 32.0 Å². The first-order valence-corrected chi connectivity index (χ1v) is 20.2. The molecule has 0 radical (unpaired) electrons. The number of hydrogen-bond acceptors (Lipinski definition) is 9. The first kappa shape index (κ1) is 39.1. The number of thiazole rings is 1. The normalized spacial score (nSPS) is 19.5. The Balaban J connectivity index is 1.33. The van der Waals surface area contributed by atoms with Crippen LogP contribution in [0.15, 0.2) is 29.8 Å². The van der Waals surface area contributed by atoms with E-state index < -0.39 is 17.6 Å². The second-order valence-electron chi connectivity index (χ2n) is 15.5. The summed E-state index contributed by atoms with van der Waals surface area (Å²) in [5, 5.41) is 16.9. The molecule has 282 valence electrons. The largest absolute Gasteiger partial charge is 0.391 e. The van der Waals surface area contributed by atoms with Crippen molar-refractivity contribution in [2.24, 2.45) is 17.8 Å². The SMILES string of the molecule is COC1(CN(CC(=O)N(C)CCc2ccccn2)C(=O)C[C@@H](Cc2csc(N)n2)C(=O)N[C@@H](CC2CCCCC2)[C@@H](O)CC2CC2)CCCCC1. The number of likely N-dealkylation sites (N-methyl/N-ethyl adjacent to an activating group) is 1. The fourth-order valence-electron chi connectivity index (χ4n) is 7.96. The minimum Gasteiger partial charge on any atom is -0.391 e. The van der Waals surface area contributed by atoms with Gasteiger partial charge in [0.15, 0.2) is 5.13 Å². The molecule has 3 aliphatic rings. The third-order valence-corrected chi connectivity index (χ3v) is 12.1. The summed E-state index contributed by atoms with van der Waals surface area (Å²) in [6.45, 7) is 0.644. The van der Waals surface area contributed by atoms with Gasteiger partial charge in [0, 0.05) is 57.2 Å². The predicted molar refractivity (Wildman–Crippen MR) is 200 cm³/mol. The van der Waals surface area contributed by atoms with Crippen molar-refractivity contribution < 1.29 is 24.2 Å². The molecule has 0 aliphatic heterocycles. The second kappa shape index (κ2) is 19.1. The molecule has 0 unspecified atom stereocenters. The predicted octanol–water partition coefficient (Wildman–Crippen LogP) is 5.16. The Morgan fingerprint density at radius 3 is 2.39 bits per heavy atom. The Hall–Kier alpha value is -3.09. The molecular formula is C39H60N6O5S. The number of ether oxygens (including phenoxy) is 1. The molecule has 3 amide bonds. The number of pyridine rings is 1. The van der Waals surface area contributed by atoms with Gasteiger partial charge in [-0.25, -0.2) is 4.98 Å². The molecule has 11 nitrogen and oxygen atoms in total. The Labute approximate surface area is 308 Å². The number of rotatable bonds is 19. The van der Waals surface area contributed by atoms with Crippen LogP contribution in [-0.4, -0.2) is 94.1 Å². The summed E-state index contributed by atoms with van der Waals surface area (Å²) < 4.78 is 6.09. The number of aliphatic hydroxyl groups is 1. The van der Waals surface area contributed by atoms with E-state index >= 15 is 0 Å². The molecular weight excluding hydrogens is 665 g/mol. The van der Waals surface area contributed by atoms with Crippen LogP contribution in [0.25, 0.3) is 0 Å². The number of anilines is 1. The highest BCUT2D eigenvalue weighted by molar-refractivity contribution is 7.13. The Morgan fingerprint density at radius 2 is 1.75 bits per heavy atom. The lowest BCUT2D eigenvalue weighted by molar-refractivity contribution is -0.147. The number of nitrogen functional groups attached to an aromatic ring is 1. The van der Waals surface area contributed by atoms with Crippen LogP contribution in [0.1, 0.15) is 108 Å². The summed E-state index contributed by atoms with van der Waals surface area (Å²) in [4.78, 5) is 54.5. The van der Waals surface area contributed by atoms with Crippen LogP contribution in [0.2, 0.25) is 0 Å². The topological polar surface area (TPSA) is 151 Å². The molecule has 3 atom stereocenters. The number of aromatic nitrogens is 2. The highest BCUT2D eigenvalue weighted by Crippen LogP contribution is 2.36. The van der Waals surface area contributed by atoms with Gasteiger partial charge in [0.2, 0.25) is 17.7 Å². The standard InChI is InChI=1S/C39H60N6O5S/c1-44(20-16-31-13-7-10-19-41-31)36(48)25-45(27-39(50-2)17-8-4-9-18-39)35(47)24-30(23-32-26-51-38(40)42-32)37(49)43-33(34(46)22-29-14-15-29)21-28-11-5-3-6-12-28/h7,10,13,19,26,28-30,33-34,46H,3-6,8-9,11-12,14-18,20-25,27H2,1-2H3,(H2,40,42)(H,43,49)/t30-,33+,34+/m1/s1. The number of nitrogens with zero attached hydrogens (tertiary/aromatic N) is 4. The van der Waals surface area contributed by atoms with Crippen LogP contribution in [0, 0.1) is 17.8 Å². The molecule has 5 rings (SSSR count). The summed E-state index contributed by atoms with van der Waals surface area (Å²) in [6, 6.07) is 5.36. The van der Waals surface area contributed by atoms with E-state index in [0.29, 0.717) is 42.0 Å². The van der Waals surface area contributed by atoms with Crippen molar-refractivity contribution in [1.82, 2.24) is 25.1 Å². The van der Waals surface area contributed by atoms with Gasteiger partial charge in [-0.05, 0) is 49.7 Å². The first-order valence-electron chi connectivity index (χ1n) is 19.3. The molecule has 0 spiro atoms. The minimum atomic E-state index is -0.745. The zero-order chi connectivity index (χ0) is 36.2. The van der Waals surface area contributed by atoms with Gasteiger partial charge in [-0.15, -0.1) is 11.3 Å². The van der Waals surface area contributed by atoms with E-state index in [4.69, 9.17) is 10.5 Å². The molecule has 2 aromatic rings. The van der Waals surface area contributed by atoms with E-state index in [9.17, 15) is 19.5 Å². The lowest BCUT2D eigenvalue weighted by atomic mass is 9.82. The third kappa shape index (κ3) is 12.2. The summed E-state index contributed by atoms with van der Waals surface area (Å²) in [7, 11) is 3.44. The number of amides is 3. The van der Waals surface area contributed by atoms with Crippen LogP contribution < -0.4 is 11.1 Å². The Morgan fingerprint density at radius 1 is 1.02 bits per heavy atom. The molecule has 51 heavy (non-hydrogen) atoms. The van der Waals surface area contributed by atoms with E-state index in [1.54, 1.807) is 30.2 Å². The molecule has 3 aliphatic carbocycles. The number of aliphatic hydroxyl groups excluding tert-OH is 1. The highest BCUT2D eigenvalue weighted by atomic mass is 32.1. The van der Waals surface area contributed by atoms with Gasteiger partial charge in [-0.1, -0.05) is 70.3 Å². The number of methoxy groups -OCH3 is 1. The zero-order valence-corrected chi connectivity index (χ0v) is 31.6. The van der Waals surface area contributed by atoms with Gasteiger partial charge in [0.05, 0.1) is 42.4 Å². The van der Waals surface area contributed by atoms with Gasteiger partial charge in [0.1, 0.15) is 0 Å². The monoisotopic (exact) mass is 724 g/mol. The molecule has 4 N–H and O–H groups in total. The summed E-state index contributed by atoms with van der Waals surface area (Å²) in [5.41, 5.74) is 6.98. The number of carbonyl (C=O) groups is 3. The molecule has 3 fully saturated rings. The summed E-state index contributed by atoms with van der Waals surface area (Å²) in [5.74, 6) is -0.469. The maximum atomic E-state index is 14.4. The minimum absolute atomic E-state index is 0.0944. The average Bonchev–Trinajstić information content (AvgIpc) is 3.87. The lowest BCUT2D eigenvalue weighted by Gasteiger charge is -2.40. The lowest BCUT2D eigenvalue weighted by Crippen LogP contribution is -2.52. The summed E-state index contributed by atoms with van der Waals surface area (Å²) >= 11 is 1.31. The molecule has 0 aromatic carbocycles. The van der Waals surface area contributed by atoms with Crippen LogP contribution in [0.3, 0.4) is 0 Å². The second-order valence-corrected chi connectivity index (χ2v) is 16.4. The van der Waals surface area contributed by atoms with Gasteiger partial charge in [-0.3, -0.25) is 19.4 Å². The van der Waals surface area contributed by atoms with Crippen molar-refractivity contribution in [2.45, 2.75) is 127 Å². The van der Waals surface area contributed by atoms with E-state index in [0.717, 1.165) is 69.9 Å². The smallest absolute Gasteiger partial charge is 0.241 e. The van der Waals surface area contributed by atoms with Crippen molar-refractivity contribution in [3.8, 4) is 0 Å². The van der Waals surface area contributed by atoms with Gasteiger partial charge in [-0.2, -0.15) is 0 Å². The van der Waals surface area contributed by atoms with Gasteiger partial charge in [0.25, 0.3) is 0 Å². The Bertz CT molecular complexity index is 1390. The zero-order valence-electron chi connectivity index (χ0n) is 30.8. The quantitative estimate of drug-likeness (QED) is 0.180. The van der Waals surface area contributed by atoms with Crippen molar-refractivity contribution in [2.75, 3.05) is 39.5 Å². The Kier molecular flexibility index (Phi) is 14.7. The number of carbonyl (C=O) groups excluding carboxylic acids is 3. The van der Waals surface area contributed by atoms with Crippen molar-refractivity contribution in [3.63, 3.8) is 0 Å². The molecule has 12 heteroatoms. The van der Waals surface area contributed by atoms with Crippen LogP contribution in [0.4, 0.5) is 5.13 Å². The fraction of sp³-hybridized carbons (Fsp3) is 0.718. The van der Waals surface area contributed by atoms with Crippen LogP contribution >= 0.6 is 11.3 Å². The maximum absolute atomic E-state index is 14.4. The molecule has 2 heterocycles. The summed E-state index contributed by atoms with van der Waals surface area (Å²) in [6.07, 6.45) is 16.1. The molecule has 0 saturated heterocycles. The number of nitrogens with one attached hydrogen (secondary N) is 1. The van der Waals surface area contributed by atoms with E-state index in [1.165, 1.54) is 30.6 Å². The van der Waals surface area contributed by atoms with Crippen LogP contribution in [0.5, 0.6) is 0 Å². The number of nitrogens with two attached hydrogens (primary N) is 1. The maximum Gasteiger partial charge on any atom is 0.241 e. The van der Waals surface area contributed by atoms with E-state index in [2.05, 4.69) is 15.3 Å². The molecule has 2 aromatic heterocycles. The van der Waals surface area contributed by atoms with E-state index in [1.807, 2.05) is 23.6 Å². The number of hydrogen-bond donors (Lipinski definition) is 3. The first-order chi connectivity index (χ1) is 24.6. The van der Waals surface area contributed by atoms with Gasteiger partial charge >= 0.3 is 0 Å². The molecule has 0 bridgehead atoms. The molecule has 3 saturated carbocycles.